The first-order chi connectivity index (χ1) is 5.20. The van der Waals surface area contributed by atoms with Crippen LogP contribution in [0.2, 0.25) is 0 Å². The van der Waals surface area contributed by atoms with E-state index in [-0.39, 0.29) is 0 Å². The van der Waals surface area contributed by atoms with Crippen LogP contribution in [-0.4, -0.2) is 0 Å². The summed E-state index contributed by atoms with van der Waals surface area (Å²) in [4.78, 5) is 0. The van der Waals surface area contributed by atoms with Crippen molar-refractivity contribution in [2.75, 3.05) is 0 Å². The molecular weight excluding hydrogens is 132 g/mol. The van der Waals surface area contributed by atoms with Crippen LogP contribution >= 0.6 is 0 Å². The lowest BCUT2D eigenvalue weighted by atomic mass is 9.91. The fourth-order valence-corrected chi connectivity index (χ4v) is 1.57. The number of hydrogen-bond acceptors (Lipinski definition) is 0. The average Bonchev–Trinajstić information content (AvgIpc) is 1.95. The van der Waals surface area contributed by atoms with E-state index in [1.54, 1.807) is 11.1 Å². The third-order valence-corrected chi connectivity index (χ3v) is 2.53. The van der Waals surface area contributed by atoms with Gasteiger partial charge in [0.05, 0.1) is 0 Å². The predicted octanol–water partition coefficient (Wildman–Crippen LogP) is 3.70. The molecule has 1 atom stereocenters. The van der Waals surface area contributed by atoms with E-state index in [0.717, 1.165) is 5.92 Å². The zero-order valence-electron chi connectivity index (χ0n) is 7.85. The van der Waals surface area contributed by atoms with Gasteiger partial charge in [0.1, 0.15) is 0 Å². The molecule has 0 spiro atoms. The van der Waals surface area contributed by atoms with Crippen molar-refractivity contribution in [3.8, 4) is 0 Å². The van der Waals surface area contributed by atoms with Crippen molar-refractivity contribution in [1.29, 1.82) is 0 Å². The summed E-state index contributed by atoms with van der Waals surface area (Å²) in [6.45, 7) is 6.81. The maximum absolute atomic E-state index is 2.38. The molecule has 0 fully saturated rings. The molecule has 0 radical (unpaired) electrons. The molecule has 1 aliphatic rings. The molecule has 0 bridgehead atoms. The van der Waals surface area contributed by atoms with Gasteiger partial charge in [0.15, 0.2) is 0 Å². The highest BCUT2D eigenvalue weighted by atomic mass is 14.1. The Kier molecular flexibility index (Phi) is 2.92. The van der Waals surface area contributed by atoms with E-state index in [4.69, 9.17) is 0 Å². The van der Waals surface area contributed by atoms with Gasteiger partial charge >= 0.3 is 0 Å². The van der Waals surface area contributed by atoms with Gasteiger partial charge in [0.25, 0.3) is 0 Å². The molecule has 0 aliphatic heterocycles. The molecule has 11 heavy (non-hydrogen) atoms. The number of hydrogen-bond donors (Lipinski definition) is 0. The van der Waals surface area contributed by atoms with Crippen LogP contribution in [-0.2, 0) is 0 Å². The van der Waals surface area contributed by atoms with Crippen molar-refractivity contribution in [1.82, 2.24) is 0 Å². The maximum atomic E-state index is 2.38. The molecule has 1 rings (SSSR count). The molecule has 0 N–H and O–H groups in total. The number of allylic oxidation sites excluding steroid dienone is 4. The molecule has 0 heterocycles. The fourth-order valence-electron chi connectivity index (χ4n) is 1.57. The Morgan fingerprint density at radius 3 is 2.55 bits per heavy atom. The summed E-state index contributed by atoms with van der Waals surface area (Å²) < 4.78 is 0. The van der Waals surface area contributed by atoms with Crippen LogP contribution in [0.25, 0.3) is 0 Å². The Hall–Kier alpha value is -0.520. The first-order valence-electron chi connectivity index (χ1n) is 4.52. The minimum atomic E-state index is 0.756. The van der Waals surface area contributed by atoms with E-state index in [1.165, 1.54) is 19.3 Å². The van der Waals surface area contributed by atoms with Gasteiger partial charge in [-0.3, -0.25) is 0 Å². The minimum Gasteiger partial charge on any atom is -0.0853 e. The second-order valence-electron chi connectivity index (χ2n) is 3.68. The van der Waals surface area contributed by atoms with Gasteiger partial charge in [0, 0.05) is 0 Å². The predicted molar refractivity (Wildman–Crippen MR) is 50.5 cm³/mol. The molecule has 0 aromatic heterocycles. The van der Waals surface area contributed by atoms with Crippen LogP contribution in [0.3, 0.4) is 0 Å². The van der Waals surface area contributed by atoms with Crippen molar-refractivity contribution in [3.05, 3.63) is 23.3 Å². The standard InChI is InChI=1S/C11H18/c1-9-6-4-5-7-10(2)11(3)8-9/h6-7,11H,4-5,8H2,1-3H3. The Morgan fingerprint density at radius 1 is 1.18 bits per heavy atom. The van der Waals surface area contributed by atoms with Gasteiger partial charge in [-0.1, -0.05) is 30.2 Å². The molecule has 0 aromatic rings. The summed E-state index contributed by atoms with van der Waals surface area (Å²) in [5.41, 5.74) is 3.13. The van der Waals surface area contributed by atoms with Crippen LogP contribution in [0.15, 0.2) is 23.3 Å². The Morgan fingerprint density at radius 2 is 1.82 bits per heavy atom. The molecule has 1 aliphatic carbocycles. The van der Waals surface area contributed by atoms with Gasteiger partial charge < -0.3 is 0 Å². The molecule has 0 aromatic carbocycles. The second kappa shape index (κ2) is 3.75. The van der Waals surface area contributed by atoms with E-state index >= 15 is 0 Å². The molecule has 0 nitrogen and oxygen atoms in total. The molecule has 1 unspecified atom stereocenters. The molecular formula is C11H18. The van der Waals surface area contributed by atoms with Gasteiger partial charge in [-0.25, -0.2) is 0 Å². The van der Waals surface area contributed by atoms with Crippen LogP contribution in [0.4, 0.5) is 0 Å². The van der Waals surface area contributed by atoms with E-state index in [1.807, 2.05) is 0 Å². The lowest BCUT2D eigenvalue weighted by Gasteiger charge is -2.15. The summed E-state index contributed by atoms with van der Waals surface area (Å²) in [7, 11) is 0. The molecule has 0 heteroatoms. The Labute approximate surface area is 70.0 Å². The topological polar surface area (TPSA) is 0 Å². The van der Waals surface area contributed by atoms with E-state index in [0.29, 0.717) is 0 Å². The SMILES string of the molecule is CC1=CCCC=C(C)C(C)C1. The third-order valence-electron chi connectivity index (χ3n) is 2.53. The molecule has 0 saturated heterocycles. The second-order valence-corrected chi connectivity index (χ2v) is 3.68. The van der Waals surface area contributed by atoms with E-state index in [9.17, 15) is 0 Å². The molecule has 0 saturated carbocycles. The summed E-state index contributed by atoms with van der Waals surface area (Å²) in [6.07, 6.45) is 8.47. The van der Waals surface area contributed by atoms with Crippen molar-refractivity contribution in [3.63, 3.8) is 0 Å². The summed E-state index contributed by atoms with van der Waals surface area (Å²) in [5, 5.41) is 0. The van der Waals surface area contributed by atoms with Gasteiger partial charge in [-0.05, 0) is 39.0 Å². The van der Waals surface area contributed by atoms with Crippen LogP contribution in [0.1, 0.15) is 40.0 Å². The monoisotopic (exact) mass is 150 g/mol. The number of rotatable bonds is 0. The zero-order valence-corrected chi connectivity index (χ0v) is 7.85. The van der Waals surface area contributed by atoms with Gasteiger partial charge in [-0.15, -0.1) is 0 Å². The Balaban J connectivity index is 2.64. The van der Waals surface area contributed by atoms with Crippen molar-refractivity contribution in [2.45, 2.75) is 40.0 Å². The summed E-state index contributed by atoms with van der Waals surface area (Å²) >= 11 is 0. The Bertz CT molecular complexity index is 184. The van der Waals surface area contributed by atoms with E-state index in [2.05, 4.69) is 32.9 Å². The van der Waals surface area contributed by atoms with Gasteiger partial charge in [0.2, 0.25) is 0 Å². The first kappa shape index (κ1) is 8.58. The van der Waals surface area contributed by atoms with Gasteiger partial charge in [-0.2, -0.15) is 0 Å². The summed E-state index contributed by atoms with van der Waals surface area (Å²) in [6, 6.07) is 0. The highest BCUT2D eigenvalue weighted by Crippen LogP contribution is 2.22. The average molecular weight is 150 g/mol. The molecule has 62 valence electrons. The van der Waals surface area contributed by atoms with Crippen LogP contribution < -0.4 is 0 Å². The van der Waals surface area contributed by atoms with Crippen molar-refractivity contribution < 1.29 is 0 Å². The smallest absolute Gasteiger partial charge is 0.0197 e. The fraction of sp³-hybridized carbons (Fsp3) is 0.636. The maximum Gasteiger partial charge on any atom is -0.0197 e. The normalized spacial score (nSPS) is 26.6. The molecule has 0 amide bonds. The quantitative estimate of drug-likeness (QED) is 0.462. The van der Waals surface area contributed by atoms with E-state index < -0.39 is 0 Å². The zero-order chi connectivity index (χ0) is 8.27. The highest BCUT2D eigenvalue weighted by Gasteiger charge is 2.06. The van der Waals surface area contributed by atoms with Crippen molar-refractivity contribution >= 4 is 0 Å². The van der Waals surface area contributed by atoms with Crippen LogP contribution in [0.5, 0.6) is 0 Å². The van der Waals surface area contributed by atoms with Crippen molar-refractivity contribution in [2.24, 2.45) is 5.92 Å². The van der Waals surface area contributed by atoms with Crippen LogP contribution in [0, 0.1) is 5.92 Å². The highest BCUT2D eigenvalue weighted by molar-refractivity contribution is 5.11. The minimum absolute atomic E-state index is 0.756. The lowest BCUT2D eigenvalue weighted by Crippen LogP contribution is -1.99. The largest absolute Gasteiger partial charge is 0.0853 e. The third kappa shape index (κ3) is 2.53. The summed E-state index contributed by atoms with van der Waals surface area (Å²) in [5.74, 6) is 0.756. The first-order valence-corrected chi connectivity index (χ1v) is 4.52. The lowest BCUT2D eigenvalue weighted by molar-refractivity contribution is 0.657.